The van der Waals surface area contributed by atoms with E-state index in [-0.39, 0.29) is 30.9 Å². The van der Waals surface area contributed by atoms with Gasteiger partial charge in [0, 0.05) is 18.4 Å². The molecule has 0 spiro atoms. The summed E-state index contributed by atoms with van der Waals surface area (Å²) in [4.78, 5) is 35.1. The molecule has 3 N–H and O–H groups in total. The number of rotatable bonds is 9. The predicted octanol–water partition coefficient (Wildman–Crippen LogP) is 3.67. The molecule has 0 fully saturated rings. The van der Waals surface area contributed by atoms with Crippen molar-refractivity contribution in [2.24, 2.45) is 0 Å². The van der Waals surface area contributed by atoms with E-state index in [9.17, 15) is 14.4 Å². The fraction of sp³-hybridized carbons (Fsp3) is 0.375. The van der Waals surface area contributed by atoms with Crippen molar-refractivity contribution in [1.29, 1.82) is 0 Å². The van der Waals surface area contributed by atoms with Gasteiger partial charge in [-0.25, -0.2) is 4.79 Å². The lowest BCUT2D eigenvalue weighted by atomic mass is 9.98. The highest BCUT2D eigenvalue weighted by atomic mass is 16.5. The molecule has 164 valence electrons. The Bertz CT molecular complexity index is 913. The zero-order valence-corrected chi connectivity index (χ0v) is 17.8. The molecule has 1 aliphatic carbocycles. The molecule has 2 amide bonds. The Balaban J connectivity index is 1.50. The fourth-order valence-electron chi connectivity index (χ4n) is 3.88. The van der Waals surface area contributed by atoms with Gasteiger partial charge in [0.2, 0.25) is 5.91 Å². The third-order valence-electron chi connectivity index (χ3n) is 5.49. The second kappa shape index (κ2) is 10.1. The summed E-state index contributed by atoms with van der Waals surface area (Å²) >= 11 is 0. The van der Waals surface area contributed by atoms with E-state index >= 15 is 0 Å². The minimum Gasteiger partial charge on any atom is -0.481 e. The summed E-state index contributed by atoms with van der Waals surface area (Å²) in [5, 5.41) is 14.0. The van der Waals surface area contributed by atoms with Gasteiger partial charge in [0.25, 0.3) is 0 Å². The van der Waals surface area contributed by atoms with E-state index in [1.165, 1.54) is 0 Å². The van der Waals surface area contributed by atoms with Crippen molar-refractivity contribution in [3.8, 4) is 11.1 Å². The minimum atomic E-state index is -0.858. The van der Waals surface area contributed by atoms with Crippen molar-refractivity contribution in [2.45, 2.75) is 51.1 Å². The van der Waals surface area contributed by atoms with Gasteiger partial charge in [-0.05, 0) is 48.9 Å². The lowest BCUT2D eigenvalue weighted by molar-refractivity contribution is -0.137. The number of fused-ring (bicyclic) bond motifs is 3. The number of ether oxygens (including phenoxy) is 1. The summed E-state index contributed by atoms with van der Waals surface area (Å²) in [6, 6.07) is 15.2. The first kappa shape index (κ1) is 22.3. The number of carbonyl (C=O) groups is 3. The number of hydrogen-bond donors (Lipinski definition) is 3. The number of alkyl carbamates (subject to hydrolysis) is 1. The first-order valence-corrected chi connectivity index (χ1v) is 10.5. The zero-order chi connectivity index (χ0) is 22.4. The summed E-state index contributed by atoms with van der Waals surface area (Å²) in [5.41, 5.74) is 4.54. The normalized spacial score (nSPS) is 14.1. The van der Waals surface area contributed by atoms with E-state index in [4.69, 9.17) is 9.84 Å². The quantitative estimate of drug-likeness (QED) is 0.570. The molecule has 0 radical (unpaired) electrons. The molecule has 31 heavy (non-hydrogen) atoms. The van der Waals surface area contributed by atoms with Crippen LogP contribution in [0.1, 0.15) is 50.2 Å². The van der Waals surface area contributed by atoms with Crippen LogP contribution in [-0.4, -0.2) is 41.8 Å². The van der Waals surface area contributed by atoms with Crippen LogP contribution in [0, 0.1) is 0 Å². The van der Waals surface area contributed by atoms with Crippen LogP contribution in [0.15, 0.2) is 48.5 Å². The first-order chi connectivity index (χ1) is 14.9. The van der Waals surface area contributed by atoms with Crippen LogP contribution in [-0.2, 0) is 14.3 Å². The van der Waals surface area contributed by atoms with Gasteiger partial charge in [-0.3, -0.25) is 9.59 Å². The summed E-state index contributed by atoms with van der Waals surface area (Å²) in [5.74, 6) is -1.24. The lowest BCUT2D eigenvalue weighted by Gasteiger charge is -2.19. The Morgan fingerprint density at radius 3 is 2.13 bits per heavy atom. The summed E-state index contributed by atoms with van der Waals surface area (Å²) in [7, 11) is 0. The Labute approximate surface area is 181 Å². The van der Waals surface area contributed by atoms with Crippen LogP contribution in [0.4, 0.5) is 4.79 Å². The molecule has 0 saturated heterocycles. The molecule has 0 aromatic heterocycles. The standard InChI is InChI=1S/C24H28N2O5/c1-15(8-7-13-22(27)28)25-23(29)16(2)26-24(30)31-14-21-19-11-5-3-9-17(19)18-10-4-6-12-20(18)21/h3-6,9-12,15-16,21H,7-8,13-14H2,1-2H3,(H,25,29)(H,26,30)(H,27,28)/t15?,16-/m1/s1. The van der Waals surface area contributed by atoms with E-state index in [1.54, 1.807) is 13.8 Å². The highest BCUT2D eigenvalue weighted by molar-refractivity contribution is 5.85. The zero-order valence-electron chi connectivity index (χ0n) is 17.8. The summed E-state index contributed by atoms with van der Waals surface area (Å²) < 4.78 is 5.46. The molecule has 2 aromatic rings. The van der Waals surface area contributed by atoms with Crippen molar-refractivity contribution in [2.75, 3.05) is 6.61 Å². The van der Waals surface area contributed by atoms with Crippen LogP contribution in [0.2, 0.25) is 0 Å². The number of carbonyl (C=O) groups excluding carboxylic acids is 2. The summed E-state index contributed by atoms with van der Waals surface area (Å²) in [6.45, 7) is 3.57. The molecule has 0 saturated carbocycles. The van der Waals surface area contributed by atoms with Gasteiger partial charge in [0.05, 0.1) is 0 Å². The third-order valence-corrected chi connectivity index (χ3v) is 5.49. The molecular weight excluding hydrogens is 396 g/mol. The van der Waals surface area contributed by atoms with E-state index < -0.39 is 18.1 Å². The highest BCUT2D eigenvalue weighted by Gasteiger charge is 2.29. The lowest BCUT2D eigenvalue weighted by Crippen LogP contribution is -2.47. The number of amides is 2. The van der Waals surface area contributed by atoms with E-state index in [1.807, 2.05) is 36.4 Å². The van der Waals surface area contributed by atoms with Crippen LogP contribution >= 0.6 is 0 Å². The molecular formula is C24H28N2O5. The van der Waals surface area contributed by atoms with Gasteiger partial charge in [0.15, 0.2) is 0 Å². The van der Waals surface area contributed by atoms with Gasteiger partial charge in [-0.1, -0.05) is 48.5 Å². The van der Waals surface area contributed by atoms with E-state index in [0.717, 1.165) is 22.3 Å². The van der Waals surface area contributed by atoms with Crippen LogP contribution in [0.5, 0.6) is 0 Å². The number of aliphatic carboxylic acids is 1. The molecule has 0 heterocycles. The van der Waals surface area contributed by atoms with Crippen molar-refractivity contribution in [3.05, 3.63) is 59.7 Å². The number of benzene rings is 2. The van der Waals surface area contributed by atoms with Gasteiger partial charge >= 0.3 is 12.1 Å². The number of carboxylic acid groups (broad SMARTS) is 1. The Kier molecular flexibility index (Phi) is 7.28. The topological polar surface area (TPSA) is 105 Å². The molecule has 0 bridgehead atoms. The van der Waals surface area contributed by atoms with E-state index in [2.05, 4.69) is 22.8 Å². The third kappa shape index (κ3) is 5.63. The molecule has 7 heteroatoms. The average Bonchev–Trinajstić information content (AvgIpc) is 3.05. The van der Waals surface area contributed by atoms with Crippen LogP contribution < -0.4 is 10.6 Å². The Morgan fingerprint density at radius 1 is 0.968 bits per heavy atom. The number of carboxylic acids is 1. The molecule has 2 aromatic carbocycles. The fourth-order valence-corrected chi connectivity index (χ4v) is 3.88. The van der Waals surface area contributed by atoms with Gasteiger partial charge in [-0.2, -0.15) is 0 Å². The van der Waals surface area contributed by atoms with Crippen LogP contribution in [0.25, 0.3) is 11.1 Å². The van der Waals surface area contributed by atoms with Crippen LogP contribution in [0.3, 0.4) is 0 Å². The SMILES string of the molecule is CC(CCCC(=O)O)NC(=O)[C@@H](C)NC(=O)OCC1c2ccccc2-c2ccccc21. The number of hydrogen-bond acceptors (Lipinski definition) is 4. The smallest absolute Gasteiger partial charge is 0.407 e. The maximum Gasteiger partial charge on any atom is 0.407 e. The molecule has 0 aliphatic heterocycles. The molecule has 2 atom stereocenters. The number of nitrogens with one attached hydrogen (secondary N) is 2. The summed E-state index contributed by atoms with van der Waals surface area (Å²) in [6.07, 6.45) is 0.442. The Morgan fingerprint density at radius 2 is 1.55 bits per heavy atom. The minimum absolute atomic E-state index is 0.0449. The molecule has 7 nitrogen and oxygen atoms in total. The van der Waals surface area contributed by atoms with Gasteiger partial charge < -0.3 is 20.5 Å². The second-order valence-electron chi connectivity index (χ2n) is 7.89. The van der Waals surface area contributed by atoms with Crippen molar-refractivity contribution >= 4 is 18.0 Å². The monoisotopic (exact) mass is 424 g/mol. The highest BCUT2D eigenvalue weighted by Crippen LogP contribution is 2.44. The largest absolute Gasteiger partial charge is 0.481 e. The predicted molar refractivity (Wildman–Crippen MR) is 117 cm³/mol. The van der Waals surface area contributed by atoms with Crippen molar-refractivity contribution in [1.82, 2.24) is 10.6 Å². The average molecular weight is 424 g/mol. The van der Waals surface area contributed by atoms with E-state index in [0.29, 0.717) is 12.8 Å². The molecule has 3 rings (SSSR count). The molecule has 1 unspecified atom stereocenters. The maximum absolute atomic E-state index is 12.3. The van der Waals surface area contributed by atoms with Crippen molar-refractivity contribution < 1.29 is 24.2 Å². The Hall–Kier alpha value is -3.35. The second-order valence-corrected chi connectivity index (χ2v) is 7.89. The maximum atomic E-state index is 12.3. The molecule has 1 aliphatic rings. The van der Waals surface area contributed by atoms with Gasteiger partial charge in [-0.15, -0.1) is 0 Å². The van der Waals surface area contributed by atoms with Crippen molar-refractivity contribution in [3.63, 3.8) is 0 Å². The first-order valence-electron chi connectivity index (χ1n) is 10.5. The van der Waals surface area contributed by atoms with Gasteiger partial charge in [0.1, 0.15) is 12.6 Å².